The number of nitrogens with one attached hydrogen (secondary N) is 1. The molecule has 0 radical (unpaired) electrons. The Morgan fingerprint density at radius 3 is 2.78 bits per heavy atom. The van der Waals surface area contributed by atoms with Crippen LogP contribution in [0.25, 0.3) is 0 Å². The summed E-state index contributed by atoms with van der Waals surface area (Å²) in [5.74, 6) is -1.27. The summed E-state index contributed by atoms with van der Waals surface area (Å²) in [7, 11) is -2.75. The van der Waals surface area contributed by atoms with Crippen molar-refractivity contribution in [3.05, 3.63) is 29.0 Å². The van der Waals surface area contributed by atoms with E-state index < -0.39 is 21.8 Å². The molecule has 8 heteroatoms. The predicted molar refractivity (Wildman–Crippen MR) is 63.2 cm³/mol. The molecule has 1 rings (SSSR count). The van der Waals surface area contributed by atoms with Crippen LogP contribution in [0.4, 0.5) is 4.39 Å². The average molecular weight is 296 g/mol. The van der Waals surface area contributed by atoms with Crippen molar-refractivity contribution in [2.24, 2.45) is 0 Å². The molecule has 0 aliphatic rings. The van der Waals surface area contributed by atoms with Gasteiger partial charge in [-0.25, -0.2) is 17.5 Å². The summed E-state index contributed by atoms with van der Waals surface area (Å²) in [5, 5.41) is -0.0954. The molecular formula is C10H11ClFNO4S. The van der Waals surface area contributed by atoms with Gasteiger partial charge in [0.15, 0.2) is 0 Å². The first-order chi connectivity index (χ1) is 8.36. The molecule has 0 aliphatic carbocycles. The number of methoxy groups -OCH3 is 1. The number of halogens is 2. The van der Waals surface area contributed by atoms with E-state index in [1.165, 1.54) is 7.11 Å². The third kappa shape index (κ3) is 3.94. The van der Waals surface area contributed by atoms with Gasteiger partial charge in [0.1, 0.15) is 10.7 Å². The maximum absolute atomic E-state index is 13.0. The first-order valence-corrected chi connectivity index (χ1v) is 6.74. The second kappa shape index (κ2) is 6.12. The lowest BCUT2D eigenvalue weighted by Crippen LogP contribution is -2.27. The molecule has 0 saturated carbocycles. The number of benzene rings is 1. The van der Waals surface area contributed by atoms with Crippen molar-refractivity contribution in [1.82, 2.24) is 4.72 Å². The molecule has 0 saturated heterocycles. The van der Waals surface area contributed by atoms with Gasteiger partial charge in [0, 0.05) is 6.54 Å². The van der Waals surface area contributed by atoms with Crippen molar-refractivity contribution in [2.45, 2.75) is 11.3 Å². The number of carbonyl (C=O) groups excluding carboxylic acids is 1. The van der Waals surface area contributed by atoms with Crippen LogP contribution in [0.2, 0.25) is 5.02 Å². The SMILES string of the molecule is COC(=O)CCNS(=O)(=O)c1cc(F)ccc1Cl. The Hall–Kier alpha value is -1.18. The van der Waals surface area contributed by atoms with Crippen LogP contribution in [-0.2, 0) is 19.6 Å². The molecule has 0 atom stereocenters. The van der Waals surface area contributed by atoms with E-state index >= 15 is 0 Å². The normalized spacial score (nSPS) is 11.3. The molecule has 0 aromatic heterocycles. The largest absolute Gasteiger partial charge is 0.469 e. The maximum Gasteiger partial charge on any atom is 0.306 e. The van der Waals surface area contributed by atoms with Gasteiger partial charge < -0.3 is 4.74 Å². The van der Waals surface area contributed by atoms with Gasteiger partial charge in [0.25, 0.3) is 0 Å². The van der Waals surface area contributed by atoms with Crippen LogP contribution < -0.4 is 4.72 Å². The third-order valence-corrected chi connectivity index (χ3v) is 3.97. The van der Waals surface area contributed by atoms with Crippen molar-refractivity contribution < 1.29 is 22.3 Å². The maximum atomic E-state index is 13.0. The Morgan fingerprint density at radius 1 is 1.50 bits per heavy atom. The van der Waals surface area contributed by atoms with Crippen LogP contribution in [0.3, 0.4) is 0 Å². The van der Waals surface area contributed by atoms with Crippen LogP contribution in [-0.4, -0.2) is 28.0 Å². The molecule has 0 fully saturated rings. The summed E-state index contributed by atoms with van der Waals surface area (Å²) in [5.41, 5.74) is 0. The number of hydrogen-bond acceptors (Lipinski definition) is 4. The topological polar surface area (TPSA) is 72.5 Å². The Kier molecular flexibility index (Phi) is 5.06. The molecule has 18 heavy (non-hydrogen) atoms. The summed E-state index contributed by atoms with van der Waals surface area (Å²) < 4.78 is 43.0. The molecule has 1 N–H and O–H groups in total. The predicted octanol–water partition coefficient (Wildman–Crippen LogP) is 1.32. The zero-order valence-electron chi connectivity index (χ0n) is 9.44. The standard InChI is InChI=1S/C10H11ClFNO4S/c1-17-10(14)4-5-13-18(15,16)9-6-7(12)2-3-8(9)11/h2-3,6,13H,4-5H2,1H3. The van der Waals surface area contributed by atoms with Crippen molar-refractivity contribution in [3.63, 3.8) is 0 Å². The monoisotopic (exact) mass is 295 g/mol. The minimum Gasteiger partial charge on any atom is -0.469 e. The Morgan fingerprint density at radius 2 is 2.17 bits per heavy atom. The molecule has 0 aliphatic heterocycles. The first-order valence-electron chi connectivity index (χ1n) is 4.88. The van der Waals surface area contributed by atoms with E-state index in [0.717, 1.165) is 18.2 Å². The summed E-state index contributed by atoms with van der Waals surface area (Å²) >= 11 is 5.67. The van der Waals surface area contributed by atoms with Crippen LogP contribution in [0, 0.1) is 5.82 Å². The zero-order valence-corrected chi connectivity index (χ0v) is 11.0. The summed E-state index contributed by atoms with van der Waals surface area (Å²) in [6.45, 7) is -0.151. The number of rotatable bonds is 5. The minimum absolute atomic E-state index is 0.0954. The van der Waals surface area contributed by atoms with Crippen molar-refractivity contribution in [1.29, 1.82) is 0 Å². The first kappa shape index (κ1) is 14.9. The highest BCUT2D eigenvalue weighted by atomic mass is 35.5. The van der Waals surface area contributed by atoms with E-state index in [0.29, 0.717) is 0 Å². The highest BCUT2D eigenvalue weighted by molar-refractivity contribution is 7.89. The van der Waals surface area contributed by atoms with Gasteiger partial charge in [-0.3, -0.25) is 4.79 Å². The second-order valence-corrected chi connectivity index (χ2v) is 5.44. The fourth-order valence-electron chi connectivity index (χ4n) is 1.15. The molecule has 1 aromatic rings. The number of hydrogen-bond donors (Lipinski definition) is 1. The quantitative estimate of drug-likeness (QED) is 0.832. The molecule has 5 nitrogen and oxygen atoms in total. The fraction of sp³-hybridized carbons (Fsp3) is 0.300. The summed E-state index contributed by atoms with van der Waals surface area (Å²) in [6.07, 6.45) is -0.122. The van der Waals surface area contributed by atoms with E-state index in [9.17, 15) is 17.6 Å². The molecule has 0 heterocycles. The van der Waals surface area contributed by atoms with Crippen LogP contribution in [0.15, 0.2) is 23.1 Å². The number of carbonyl (C=O) groups is 1. The van der Waals surface area contributed by atoms with Gasteiger partial charge >= 0.3 is 5.97 Å². The van der Waals surface area contributed by atoms with Gasteiger partial charge in [-0.1, -0.05) is 11.6 Å². The lowest BCUT2D eigenvalue weighted by molar-refractivity contribution is -0.140. The Labute approximate surface area is 109 Å². The summed E-state index contributed by atoms with van der Waals surface area (Å²) in [4.78, 5) is 10.4. The van der Waals surface area contributed by atoms with Crippen molar-refractivity contribution in [3.8, 4) is 0 Å². The second-order valence-electron chi connectivity index (χ2n) is 3.30. The average Bonchev–Trinajstić information content (AvgIpc) is 2.31. The van der Waals surface area contributed by atoms with Crippen molar-refractivity contribution >= 4 is 27.6 Å². The highest BCUT2D eigenvalue weighted by Crippen LogP contribution is 2.21. The lowest BCUT2D eigenvalue weighted by Gasteiger charge is -2.07. The minimum atomic E-state index is -3.95. The molecule has 0 unspecified atom stereocenters. The van der Waals surface area contributed by atoms with E-state index in [-0.39, 0.29) is 22.9 Å². The molecule has 0 spiro atoms. The van der Waals surface area contributed by atoms with Gasteiger partial charge in [-0.15, -0.1) is 0 Å². The van der Waals surface area contributed by atoms with Crippen molar-refractivity contribution in [2.75, 3.05) is 13.7 Å². The Bertz CT molecular complexity index is 547. The fourth-order valence-corrected chi connectivity index (χ4v) is 2.69. The molecule has 100 valence electrons. The van der Waals surface area contributed by atoms with Gasteiger partial charge in [0.05, 0.1) is 18.6 Å². The molecular weight excluding hydrogens is 285 g/mol. The third-order valence-electron chi connectivity index (χ3n) is 2.03. The number of esters is 1. The zero-order chi connectivity index (χ0) is 13.8. The molecule has 1 aromatic carbocycles. The molecule has 0 bridgehead atoms. The van der Waals surface area contributed by atoms with Gasteiger partial charge in [0.2, 0.25) is 10.0 Å². The van der Waals surface area contributed by atoms with E-state index in [4.69, 9.17) is 11.6 Å². The lowest BCUT2D eigenvalue weighted by atomic mass is 10.3. The van der Waals surface area contributed by atoms with E-state index in [1.54, 1.807) is 0 Å². The van der Waals surface area contributed by atoms with E-state index in [2.05, 4.69) is 9.46 Å². The summed E-state index contributed by atoms with van der Waals surface area (Å²) in [6, 6.07) is 3.00. The molecule has 0 amide bonds. The van der Waals surface area contributed by atoms with E-state index in [1.807, 2.05) is 0 Å². The van der Waals surface area contributed by atoms with Crippen LogP contribution in [0.1, 0.15) is 6.42 Å². The van der Waals surface area contributed by atoms with Crippen LogP contribution >= 0.6 is 11.6 Å². The highest BCUT2D eigenvalue weighted by Gasteiger charge is 2.18. The smallest absolute Gasteiger partial charge is 0.306 e. The Balaban J connectivity index is 2.80. The van der Waals surface area contributed by atoms with Gasteiger partial charge in [-0.05, 0) is 18.2 Å². The van der Waals surface area contributed by atoms with Gasteiger partial charge in [-0.2, -0.15) is 0 Å². The number of ether oxygens (including phenoxy) is 1. The number of sulfonamides is 1. The van der Waals surface area contributed by atoms with Crippen LogP contribution in [0.5, 0.6) is 0 Å².